The lowest BCUT2D eigenvalue weighted by Gasteiger charge is -2.00. The van der Waals surface area contributed by atoms with E-state index in [1.54, 1.807) is 6.92 Å². The molecule has 0 heterocycles. The molecular formula is C5H9N3O2S. The van der Waals surface area contributed by atoms with Crippen molar-refractivity contribution in [3.8, 4) is 0 Å². The second-order valence-electron chi connectivity index (χ2n) is 1.43. The lowest BCUT2D eigenvalue weighted by Crippen LogP contribution is -2.28. The normalized spacial score (nSPS) is 9.55. The van der Waals surface area contributed by atoms with E-state index in [0.717, 1.165) is 6.34 Å². The fourth-order valence-electron chi connectivity index (χ4n) is 0.354. The van der Waals surface area contributed by atoms with Gasteiger partial charge < -0.3 is 10.5 Å². The van der Waals surface area contributed by atoms with E-state index in [2.05, 4.69) is 27.3 Å². The largest absolute Gasteiger partial charge is 0.450 e. The van der Waals surface area contributed by atoms with Crippen molar-refractivity contribution in [3.05, 3.63) is 0 Å². The van der Waals surface area contributed by atoms with Gasteiger partial charge in [0, 0.05) is 0 Å². The number of thiocarbonyl (C=S) groups is 1. The molecule has 0 saturated carbocycles. The van der Waals surface area contributed by atoms with Gasteiger partial charge in [-0.05, 0) is 19.1 Å². The van der Waals surface area contributed by atoms with E-state index in [0.29, 0.717) is 6.61 Å². The molecule has 0 aromatic carbocycles. The van der Waals surface area contributed by atoms with Crippen LogP contribution in [0.3, 0.4) is 0 Å². The molecule has 0 spiro atoms. The Morgan fingerprint density at radius 2 is 2.55 bits per heavy atom. The lowest BCUT2D eigenvalue weighted by molar-refractivity contribution is 0.158. The molecule has 11 heavy (non-hydrogen) atoms. The van der Waals surface area contributed by atoms with Crippen LogP contribution in [0, 0.1) is 0 Å². The smallest absolute Gasteiger partial charge is 0.413 e. The van der Waals surface area contributed by atoms with Crippen molar-refractivity contribution in [2.75, 3.05) is 6.61 Å². The summed E-state index contributed by atoms with van der Waals surface area (Å²) in [5.74, 6) is 0. The van der Waals surface area contributed by atoms with E-state index < -0.39 is 6.09 Å². The van der Waals surface area contributed by atoms with Gasteiger partial charge in [0.05, 0.1) is 12.9 Å². The minimum Gasteiger partial charge on any atom is -0.450 e. The van der Waals surface area contributed by atoms with E-state index in [1.165, 1.54) is 0 Å². The summed E-state index contributed by atoms with van der Waals surface area (Å²) in [7, 11) is 0. The summed E-state index contributed by atoms with van der Waals surface area (Å²) in [5.41, 5.74) is 4.91. The Hall–Kier alpha value is -1.17. The molecule has 6 heteroatoms. The zero-order valence-electron chi connectivity index (χ0n) is 6.03. The van der Waals surface area contributed by atoms with Crippen molar-refractivity contribution in [1.82, 2.24) is 5.32 Å². The number of rotatable bonds is 1. The number of aliphatic imine (C=N–C) groups is 1. The second kappa shape index (κ2) is 5.60. The molecule has 0 aromatic rings. The summed E-state index contributed by atoms with van der Waals surface area (Å²) in [4.78, 5) is 14.0. The van der Waals surface area contributed by atoms with Crippen molar-refractivity contribution in [3.63, 3.8) is 0 Å². The van der Waals surface area contributed by atoms with Crippen molar-refractivity contribution in [2.45, 2.75) is 6.92 Å². The third kappa shape index (κ3) is 5.28. The fourth-order valence-corrected chi connectivity index (χ4v) is 0.499. The number of carbonyl (C=O) groups is 1. The van der Waals surface area contributed by atoms with Gasteiger partial charge in [-0.2, -0.15) is 0 Å². The fraction of sp³-hybridized carbons (Fsp3) is 0.400. The molecule has 1 amide bonds. The highest BCUT2D eigenvalue weighted by Gasteiger charge is 2.00. The van der Waals surface area contributed by atoms with Crippen molar-refractivity contribution >= 4 is 29.8 Å². The Balaban J connectivity index is 3.66. The SMILES string of the molecule is CCOC(=O)NC(=S)N=CN. The maximum absolute atomic E-state index is 10.6. The maximum atomic E-state index is 10.6. The van der Waals surface area contributed by atoms with E-state index in [-0.39, 0.29) is 5.11 Å². The van der Waals surface area contributed by atoms with Crippen molar-refractivity contribution in [1.29, 1.82) is 0 Å². The first-order valence-electron chi connectivity index (χ1n) is 2.92. The third-order valence-corrected chi connectivity index (χ3v) is 0.884. The molecule has 0 aliphatic heterocycles. The zero-order chi connectivity index (χ0) is 8.69. The van der Waals surface area contributed by atoms with Crippen molar-refractivity contribution < 1.29 is 9.53 Å². The molecular weight excluding hydrogens is 166 g/mol. The highest BCUT2D eigenvalue weighted by molar-refractivity contribution is 7.80. The zero-order valence-corrected chi connectivity index (χ0v) is 6.85. The van der Waals surface area contributed by atoms with Gasteiger partial charge in [0.25, 0.3) is 0 Å². The van der Waals surface area contributed by atoms with Crippen LogP contribution in [0.2, 0.25) is 0 Å². The van der Waals surface area contributed by atoms with Crippen LogP contribution >= 0.6 is 12.2 Å². The summed E-state index contributed by atoms with van der Waals surface area (Å²) >= 11 is 4.55. The molecule has 0 unspecified atom stereocenters. The monoisotopic (exact) mass is 175 g/mol. The summed E-state index contributed by atoms with van der Waals surface area (Å²) in [5, 5.41) is 2.17. The van der Waals surface area contributed by atoms with E-state index in [1.807, 2.05) is 0 Å². The van der Waals surface area contributed by atoms with Crippen LogP contribution in [-0.4, -0.2) is 24.2 Å². The van der Waals surface area contributed by atoms with Crippen LogP contribution < -0.4 is 11.1 Å². The Bertz CT molecular complexity index is 181. The number of alkyl carbamates (subject to hydrolysis) is 1. The first-order valence-corrected chi connectivity index (χ1v) is 3.33. The summed E-state index contributed by atoms with van der Waals surface area (Å²) < 4.78 is 4.51. The molecule has 0 atom stereocenters. The number of nitrogens with one attached hydrogen (secondary N) is 1. The highest BCUT2D eigenvalue weighted by Crippen LogP contribution is 1.78. The number of amides is 1. The molecule has 0 saturated heterocycles. The number of nitrogens with two attached hydrogens (primary N) is 1. The number of ether oxygens (including phenoxy) is 1. The quantitative estimate of drug-likeness (QED) is 0.334. The predicted molar refractivity (Wildman–Crippen MR) is 45.4 cm³/mol. The van der Waals surface area contributed by atoms with Gasteiger partial charge in [-0.25, -0.2) is 9.79 Å². The average molecular weight is 175 g/mol. The predicted octanol–water partition coefficient (Wildman–Crippen LogP) is 0.00440. The topological polar surface area (TPSA) is 76.7 Å². The Morgan fingerprint density at radius 1 is 1.91 bits per heavy atom. The molecule has 0 aliphatic rings. The molecule has 0 aromatic heterocycles. The first-order chi connectivity index (χ1) is 5.20. The summed E-state index contributed by atoms with van der Waals surface area (Å²) in [6.07, 6.45) is 0.372. The van der Waals surface area contributed by atoms with Gasteiger partial charge in [-0.15, -0.1) is 0 Å². The minimum atomic E-state index is -0.622. The maximum Gasteiger partial charge on any atom is 0.413 e. The van der Waals surface area contributed by atoms with Crippen LogP contribution in [0.15, 0.2) is 4.99 Å². The Labute approximate surface area is 69.6 Å². The highest BCUT2D eigenvalue weighted by atomic mass is 32.1. The van der Waals surface area contributed by atoms with Gasteiger partial charge in [0.1, 0.15) is 0 Å². The number of hydrogen-bond acceptors (Lipinski definition) is 3. The molecule has 5 nitrogen and oxygen atoms in total. The van der Waals surface area contributed by atoms with Gasteiger partial charge in [0.15, 0.2) is 0 Å². The summed E-state index contributed by atoms with van der Waals surface area (Å²) in [6.45, 7) is 1.98. The van der Waals surface area contributed by atoms with Crippen LogP contribution in [0.1, 0.15) is 6.92 Å². The Morgan fingerprint density at radius 3 is 3.00 bits per heavy atom. The molecule has 0 radical (unpaired) electrons. The van der Waals surface area contributed by atoms with Gasteiger partial charge in [-0.3, -0.25) is 5.32 Å². The van der Waals surface area contributed by atoms with Gasteiger partial charge >= 0.3 is 6.09 Å². The average Bonchev–Trinajstić information content (AvgIpc) is 1.87. The molecule has 0 rings (SSSR count). The van der Waals surface area contributed by atoms with Crippen LogP contribution in [0.25, 0.3) is 0 Å². The molecule has 0 aliphatic carbocycles. The Kier molecular flexibility index (Phi) is 5.01. The van der Waals surface area contributed by atoms with Gasteiger partial charge in [-0.1, -0.05) is 0 Å². The van der Waals surface area contributed by atoms with Crippen molar-refractivity contribution in [2.24, 2.45) is 10.7 Å². The third-order valence-electron chi connectivity index (χ3n) is 0.676. The van der Waals surface area contributed by atoms with E-state index in [4.69, 9.17) is 5.73 Å². The molecule has 62 valence electrons. The second-order valence-corrected chi connectivity index (χ2v) is 1.82. The minimum absolute atomic E-state index is 0.00838. The van der Waals surface area contributed by atoms with E-state index >= 15 is 0 Å². The molecule has 0 bridgehead atoms. The van der Waals surface area contributed by atoms with Crippen LogP contribution in [0.4, 0.5) is 4.79 Å². The number of nitrogens with zero attached hydrogens (tertiary/aromatic N) is 1. The number of carbonyl (C=O) groups excluding carboxylic acids is 1. The first kappa shape index (κ1) is 9.83. The van der Waals surface area contributed by atoms with Crippen LogP contribution in [-0.2, 0) is 4.74 Å². The van der Waals surface area contributed by atoms with Gasteiger partial charge in [0.2, 0.25) is 5.11 Å². The molecule has 3 N–H and O–H groups in total. The summed E-state index contributed by atoms with van der Waals surface area (Å²) in [6, 6.07) is 0. The lowest BCUT2D eigenvalue weighted by atomic mass is 10.8. The van der Waals surface area contributed by atoms with Crippen LogP contribution in [0.5, 0.6) is 0 Å². The molecule has 0 fully saturated rings. The standard InChI is InChI=1S/C5H9N3O2S/c1-2-10-5(9)8-4(11)7-3-6/h3H,2H2,1H3,(H3,6,7,8,9,11). The van der Waals surface area contributed by atoms with E-state index in [9.17, 15) is 4.79 Å². The number of hydrogen-bond donors (Lipinski definition) is 2.